The van der Waals surface area contributed by atoms with Crippen molar-refractivity contribution in [3.8, 4) is 5.75 Å². The first kappa shape index (κ1) is 17.2. The van der Waals surface area contributed by atoms with E-state index in [9.17, 15) is 24.8 Å². The first-order valence-electron chi connectivity index (χ1n) is 7.59. The molecule has 132 valence electrons. The molecule has 0 spiro atoms. The van der Waals surface area contributed by atoms with Crippen molar-refractivity contribution < 1.29 is 19.6 Å². The Kier molecular flexibility index (Phi) is 4.40. The molecule has 1 N–H and O–H groups in total. The van der Waals surface area contributed by atoms with Gasteiger partial charge in [0, 0.05) is 6.07 Å². The molecule has 0 aliphatic carbocycles. The molecule has 1 aromatic heterocycles. The second kappa shape index (κ2) is 6.67. The van der Waals surface area contributed by atoms with Crippen LogP contribution in [0.1, 0.15) is 15.9 Å². The summed E-state index contributed by atoms with van der Waals surface area (Å²) in [5.41, 5.74) is -0.469. The molecule has 0 unspecified atom stereocenters. The van der Waals surface area contributed by atoms with Crippen LogP contribution in [0.15, 0.2) is 53.3 Å². The number of hydrogen-bond donors (Lipinski definition) is 1. The van der Waals surface area contributed by atoms with Crippen LogP contribution in [0.25, 0.3) is 10.9 Å². The number of aromatic nitrogens is 1. The largest absolute Gasteiger partial charge is 0.497 e. The molecule has 8 heteroatoms. The molecule has 0 amide bonds. The fraction of sp³-hybridized carbons (Fsp3) is 0.111. The summed E-state index contributed by atoms with van der Waals surface area (Å²) in [6.45, 7) is 0.0710. The highest BCUT2D eigenvalue weighted by atomic mass is 16.6. The van der Waals surface area contributed by atoms with Crippen LogP contribution < -0.4 is 10.3 Å². The fourth-order valence-electron chi connectivity index (χ4n) is 2.77. The lowest BCUT2D eigenvalue weighted by atomic mass is 10.1. The van der Waals surface area contributed by atoms with Gasteiger partial charge in [-0.1, -0.05) is 18.2 Å². The van der Waals surface area contributed by atoms with Crippen LogP contribution >= 0.6 is 0 Å². The zero-order valence-corrected chi connectivity index (χ0v) is 13.7. The number of nitro groups is 1. The molecule has 0 radical (unpaired) electrons. The third kappa shape index (κ3) is 3.00. The number of rotatable bonds is 5. The van der Waals surface area contributed by atoms with E-state index in [1.54, 1.807) is 30.3 Å². The second-order valence-electron chi connectivity index (χ2n) is 5.57. The molecular weight excluding hydrogens is 340 g/mol. The standard InChI is InChI=1S/C18H14N2O6/c1-26-12-7-5-11(6-8-12)10-19-15-3-2-4-16(20(24)25)13(15)9-14(17(19)21)18(22)23/h2-9H,10H2,1H3,(H,22,23). The second-order valence-corrected chi connectivity index (χ2v) is 5.57. The predicted octanol–water partition coefficient (Wildman–Crippen LogP) is 2.66. The molecular formula is C18H14N2O6. The van der Waals surface area contributed by atoms with Crippen molar-refractivity contribution in [3.05, 3.63) is 80.1 Å². The lowest BCUT2D eigenvalue weighted by Gasteiger charge is -2.12. The number of non-ortho nitro benzene ring substituents is 1. The molecule has 3 rings (SSSR count). The van der Waals surface area contributed by atoms with Gasteiger partial charge in [0.2, 0.25) is 0 Å². The van der Waals surface area contributed by atoms with Crippen LogP contribution in [0.5, 0.6) is 5.75 Å². The van der Waals surface area contributed by atoms with Crippen molar-refractivity contribution in [3.63, 3.8) is 0 Å². The van der Waals surface area contributed by atoms with E-state index in [1.807, 2.05) is 0 Å². The average Bonchev–Trinajstić information content (AvgIpc) is 2.63. The van der Waals surface area contributed by atoms with Gasteiger partial charge < -0.3 is 14.4 Å². The highest BCUT2D eigenvalue weighted by Gasteiger charge is 2.20. The van der Waals surface area contributed by atoms with E-state index in [-0.39, 0.29) is 17.6 Å². The molecule has 0 saturated carbocycles. The highest BCUT2D eigenvalue weighted by Crippen LogP contribution is 2.26. The molecule has 0 bridgehead atoms. The molecule has 1 heterocycles. The minimum Gasteiger partial charge on any atom is -0.497 e. The van der Waals surface area contributed by atoms with Gasteiger partial charge in [-0.15, -0.1) is 0 Å². The molecule has 26 heavy (non-hydrogen) atoms. The van der Waals surface area contributed by atoms with Gasteiger partial charge in [0.15, 0.2) is 0 Å². The van der Waals surface area contributed by atoms with Crippen molar-refractivity contribution in [1.29, 1.82) is 0 Å². The number of aromatic carboxylic acids is 1. The lowest BCUT2D eigenvalue weighted by Crippen LogP contribution is -2.27. The molecule has 0 saturated heterocycles. The van der Waals surface area contributed by atoms with E-state index in [1.165, 1.54) is 23.8 Å². The smallest absolute Gasteiger partial charge is 0.341 e. The number of carboxylic acid groups (broad SMARTS) is 1. The summed E-state index contributed by atoms with van der Waals surface area (Å²) >= 11 is 0. The van der Waals surface area contributed by atoms with Crippen LogP contribution in [0.3, 0.4) is 0 Å². The summed E-state index contributed by atoms with van der Waals surface area (Å²) in [5, 5.41) is 20.7. The Morgan fingerprint density at radius 2 is 1.92 bits per heavy atom. The molecule has 0 atom stereocenters. The number of methoxy groups -OCH3 is 1. The van der Waals surface area contributed by atoms with Crippen molar-refractivity contribution >= 4 is 22.6 Å². The highest BCUT2D eigenvalue weighted by molar-refractivity contribution is 5.96. The Hall–Kier alpha value is -3.68. The Balaban J connectivity index is 2.26. The van der Waals surface area contributed by atoms with Gasteiger partial charge in [-0.2, -0.15) is 0 Å². The summed E-state index contributed by atoms with van der Waals surface area (Å²) in [7, 11) is 1.53. The van der Waals surface area contributed by atoms with E-state index in [0.717, 1.165) is 11.6 Å². The lowest BCUT2D eigenvalue weighted by molar-refractivity contribution is -0.383. The van der Waals surface area contributed by atoms with E-state index >= 15 is 0 Å². The van der Waals surface area contributed by atoms with E-state index in [0.29, 0.717) is 11.3 Å². The fourth-order valence-corrected chi connectivity index (χ4v) is 2.77. The number of benzene rings is 2. The number of nitrogens with zero attached hydrogens (tertiary/aromatic N) is 2. The van der Waals surface area contributed by atoms with E-state index in [4.69, 9.17) is 4.74 Å². The minimum absolute atomic E-state index is 0.0710. The first-order valence-corrected chi connectivity index (χ1v) is 7.59. The van der Waals surface area contributed by atoms with Crippen LogP contribution in [-0.2, 0) is 6.54 Å². The molecule has 0 aliphatic rings. The van der Waals surface area contributed by atoms with Crippen molar-refractivity contribution in [2.24, 2.45) is 0 Å². The van der Waals surface area contributed by atoms with Gasteiger partial charge in [0.1, 0.15) is 11.3 Å². The van der Waals surface area contributed by atoms with Gasteiger partial charge in [-0.05, 0) is 29.8 Å². The van der Waals surface area contributed by atoms with Crippen LogP contribution in [-0.4, -0.2) is 27.7 Å². The van der Waals surface area contributed by atoms with Crippen molar-refractivity contribution in [1.82, 2.24) is 4.57 Å². The molecule has 8 nitrogen and oxygen atoms in total. The zero-order chi connectivity index (χ0) is 18.8. The average molecular weight is 354 g/mol. The summed E-state index contributed by atoms with van der Waals surface area (Å²) in [6.07, 6.45) is 0. The summed E-state index contributed by atoms with van der Waals surface area (Å²) < 4.78 is 6.31. The summed E-state index contributed by atoms with van der Waals surface area (Å²) in [6, 6.07) is 12.3. The Labute approximate surface area is 147 Å². The summed E-state index contributed by atoms with van der Waals surface area (Å²) in [4.78, 5) is 34.7. The van der Waals surface area contributed by atoms with E-state index < -0.39 is 22.0 Å². The number of hydrogen-bond acceptors (Lipinski definition) is 5. The maximum absolute atomic E-state index is 12.6. The van der Waals surface area contributed by atoms with Crippen LogP contribution in [0.2, 0.25) is 0 Å². The maximum Gasteiger partial charge on any atom is 0.341 e. The van der Waals surface area contributed by atoms with Gasteiger partial charge in [0.25, 0.3) is 11.2 Å². The van der Waals surface area contributed by atoms with E-state index in [2.05, 4.69) is 0 Å². The Morgan fingerprint density at radius 1 is 1.23 bits per heavy atom. The Morgan fingerprint density at radius 3 is 2.50 bits per heavy atom. The molecule has 3 aromatic rings. The quantitative estimate of drug-likeness (QED) is 0.557. The Bertz CT molecular complexity index is 1070. The number of pyridine rings is 1. The number of carboxylic acids is 1. The molecule has 0 fully saturated rings. The minimum atomic E-state index is -1.43. The van der Waals surface area contributed by atoms with Gasteiger partial charge in [-0.25, -0.2) is 4.79 Å². The number of fused-ring (bicyclic) bond motifs is 1. The topological polar surface area (TPSA) is 112 Å². The number of nitro benzene ring substituents is 1. The van der Waals surface area contributed by atoms with Crippen molar-refractivity contribution in [2.45, 2.75) is 6.54 Å². The molecule has 0 aliphatic heterocycles. The zero-order valence-electron chi connectivity index (χ0n) is 13.7. The predicted molar refractivity (Wildman–Crippen MR) is 93.9 cm³/mol. The monoisotopic (exact) mass is 354 g/mol. The normalized spacial score (nSPS) is 10.7. The van der Waals surface area contributed by atoms with Crippen LogP contribution in [0.4, 0.5) is 5.69 Å². The molecule has 2 aromatic carbocycles. The van der Waals surface area contributed by atoms with Gasteiger partial charge in [-0.3, -0.25) is 14.9 Å². The number of ether oxygens (including phenoxy) is 1. The van der Waals surface area contributed by atoms with Crippen LogP contribution in [0, 0.1) is 10.1 Å². The SMILES string of the molecule is COc1ccc(Cn2c(=O)c(C(=O)O)cc3c([N+](=O)[O-])cccc32)cc1. The van der Waals surface area contributed by atoms with Gasteiger partial charge >= 0.3 is 5.97 Å². The first-order chi connectivity index (χ1) is 12.4. The third-order valence-corrected chi connectivity index (χ3v) is 4.04. The maximum atomic E-state index is 12.6. The van der Waals surface area contributed by atoms with Crippen molar-refractivity contribution in [2.75, 3.05) is 7.11 Å². The summed E-state index contributed by atoms with van der Waals surface area (Å²) in [5.74, 6) is -0.792. The third-order valence-electron chi connectivity index (χ3n) is 4.04. The van der Waals surface area contributed by atoms with Gasteiger partial charge in [0.05, 0.1) is 29.5 Å². The number of carbonyl (C=O) groups is 1.